The van der Waals surface area contributed by atoms with E-state index >= 15 is 0 Å². The van der Waals surface area contributed by atoms with E-state index < -0.39 is 0 Å². The van der Waals surface area contributed by atoms with Crippen molar-refractivity contribution in [3.8, 4) is 6.07 Å². The molecule has 0 bridgehead atoms. The van der Waals surface area contributed by atoms with Crippen LogP contribution in [0.4, 0.5) is 0 Å². The summed E-state index contributed by atoms with van der Waals surface area (Å²) in [5.74, 6) is -0.242. The Morgan fingerprint density at radius 1 is 1.42 bits per heavy atom. The smallest absolute Gasteiger partial charge is 0.319 e. The van der Waals surface area contributed by atoms with E-state index in [1.807, 2.05) is 43.1 Å². The molecule has 24 heavy (non-hydrogen) atoms. The molecule has 0 aromatic heterocycles. The van der Waals surface area contributed by atoms with E-state index in [0.29, 0.717) is 6.54 Å². The maximum atomic E-state index is 10.9. The van der Waals surface area contributed by atoms with Gasteiger partial charge in [0.15, 0.2) is 0 Å². The molecule has 0 heterocycles. The monoisotopic (exact) mass is 331 g/mol. The zero-order chi connectivity index (χ0) is 18.0. The predicted octanol–water partition coefficient (Wildman–Crippen LogP) is 1.28. The highest BCUT2D eigenvalue weighted by Gasteiger charge is 2.41. The van der Waals surface area contributed by atoms with Crippen molar-refractivity contribution in [1.29, 1.82) is 5.26 Å². The number of benzene rings is 1. The first-order valence-electron chi connectivity index (χ1n) is 7.88. The lowest BCUT2D eigenvalue weighted by Crippen LogP contribution is -2.39. The molecule has 130 valence electrons. The van der Waals surface area contributed by atoms with Gasteiger partial charge in [-0.3, -0.25) is 9.69 Å². The third kappa shape index (κ3) is 7.36. The normalized spacial score (nSPS) is 14.1. The van der Waals surface area contributed by atoms with Gasteiger partial charge in [0.2, 0.25) is 0 Å². The first-order valence-corrected chi connectivity index (χ1v) is 7.88. The predicted molar refractivity (Wildman–Crippen MR) is 91.4 cm³/mol. The fraction of sp³-hybridized carbons (Fsp3) is 0.500. The maximum Gasteiger partial charge on any atom is 0.319 e. The minimum atomic E-state index is -0.258. The highest BCUT2D eigenvalue weighted by Crippen LogP contribution is 2.32. The number of nitrogens with one attached hydrogen (secondary N) is 1. The summed E-state index contributed by atoms with van der Waals surface area (Å²) in [6.45, 7) is 3.73. The Labute approximate surface area is 143 Å². The Morgan fingerprint density at radius 2 is 2.04 bits per heavy atom. The van der Waals surface area contributed by atoms with E-state index in [1.54, 1.807) is 0 Å². The van der Waals surface area contributed by atoms with Crippen molar-refractivity contribution >= 4 is 12.3 Å². The van der Waals surface area contributed by atoms with Gasteiger partial charge in [-0.05, 0) is 38.9 Å². The minimum Gasteiger partial charge on any atom is -0.468 e. The van der Waals surface area contributed by atoms with Crippen LogP contribution in [-0.4, -0.2) is 56.5 Å². The van der Waals surface area contributed by atoms with Crippen molar-refractivity contribution < 1.29 is 14.3 Å². The number of methoxy groups -OCH3 is 1. The molecule has 0 atom stereocenters. The number of rotatable bonds is 7. The second kappa shape index (κ2) is 9.81. The third-order valence-electron chi connectivity index (χ3n) is 3.79. The summed E-state index contributed by atoms with van der Waals surface area (Å²) in [5, 5.41) is 11.6. The van der Waals surface area contributed by atoms with Crippen molar-refractivity contribution in [2.45, 2.75) is 25.3 Å². The average molecular weight is 331 g/mol. The highest BCUT2D eigenvalue weighted by molar-refractivity contribution is 5.71. The molecule has 1 aromatic carbocycles. The number of hydrogen-bond acceptors (Lipinski definition) is 6. The lowest BCUT2D eigenvalue weighted by Gasteiger charge is -2.17. The molecule has 0 radical (unpaired) electrons. The molecular formula is C18H25N3O3. The molecule has 0 aliphatic heterocycles. The molecule has 1 N–H and O–H groups in total. The third-order valence-corrected chi connectivity index (χ3v) is 3.79. The van der Waals surface area contributed by atoms with Crippen LogP contribution in [0.3, 0.4) is 0 Å². The largest absolute Gasteiger partial charge is 0.468 e. The van der Waals surface area contributed by atoms with E-state index in [0.717, 1.165) is 31.2 Å². The summed E-state index contributed by atoms with van der Waals surface area (Å²) in [6, 6.07) is 9.54. The van der Waals surface area contributed by atoms with Crippen LogP contribution < -0.4 is 5.32 Å². The number of aryl methyl sites for hydroxylation is 1. The standard InChI is InChI=1S/C10H18N2O3.C8H7N/c1-12(7-9(14)15-2)6-5-11-10(8-13)3-4-10;1-7-2-4-8(6-9)5-3-7/h8,11H,3-7H2,1-2H3;2-5H,1H3. The molecular weight excluding hydrogens is 306 g/mol. The van der Waals surface area contributed by atoms with E-state index in [1.165, 1.54) is 12.7 Å². The van der Waals surface area contributed by atoms with Crippen LogP contribution in [0.2, 0.25) is 0 Å². The Morgan fingerprint density at radius 3 is 2.50 bits per heavy atom. The number of carbonyl (C=O) groups excluding carboxylic acids is 2. The maximum absolute atomic E-state index is 10.9. The van der Waals surface area contributed by atoms with Crippen LogP contribution >= 0.6 is 0 Å². The lowest BCUT2D eigenvalue weighted by molar-refractivity contribution is -0.141. The SMILES string of the molecule is COC(=O)CN(C)CCNC1(C=O)CC1.Cc1ccc(C#N)cc1. The number of esters is 1. The van der Waals surface area contributed by atoms with Gasteiger partial charge in [-0.15, -0.1) is 0 Å². The Kier molecular flexibility index (Phi) is 8.10. The summed E-state index contributed by atoms with van der Waals surface area (Å²) < 4.78 is 4.54. The summed E-state index contributed by atoms with van der Waals surface area (Å²) >= 11 is 0. The fourth-order valence-corrected chi connectivity index (χ4v) is 1.96. The molecule has 0 saturated heterocycles. The summed E-state index contributed by atoms with van der Waals surface area (Å²) in [7, 11) is 3.22. The zero-order valence-electron chi connectivity index (χ0n) is 14.5. The zero-order valence-corrected chi connectivity index (χ0v) is 14.5. The molecule has 1 aliphatic carbocycles. The van der Waals surface area contributed by atoms with Gasteiger partial charge >= 0.3 is 5.97 Å². The molecule has 0 spiro atoms. The quantitative estimate of drug-likeness (QED) is 0.599. The number of hydrogen-bond donors (Lipinski definition) is 1. The Balaban J connectivity index is 0.000000272. The van der Waals surface area contributed by atoms with E-state index in [2.05, 4.69) is 16.1 Å². The molecule has 6 heteroatoms. The molecule has 2 rings (SSSR count). The van der Waals surface area contributed by atoms with Gasteiger partial charge in [0.1, 0.15) is 6.29 Å². The number of nitriles is 1. The van der Waals surface area contributed by atoms with Gasteiger partial charge in [-0.25, -0.2) is 0 Å². The van der Waals surface area contributed by atoms with E-state index in [-0.39, 0.29) is 18.1 Å². The van der Waals surface area contributed by atoms with E-state index in [4.69, 9.17) is 5.26 Å². The van der Waals surface area contributed by atoms with Crippen LogP contribution in [0.5, 0.6) is 0 Å². The second-order valence-electron chi connectivity index (χ2n) is 5.99. The highest BCUT2D eigenvalue weighted by atomic mass is 16.5. The Bertz CT molecular complexity index is 574. The molecule has 0 amide bonds. The lowest BCUT2D eigenvalue weighted by atomic mass is 10.2. The van der Waals surface area contributed by atoms with Crippen molar-refractivity contribution in [3.05, 3.63) is 35.4 Å². The van der Waals surface area contributed by atoms with Crippen LogP contribution in [0, 0.1) is 18.3 Å². The number of likely N-dealkylation sites (N-methyl/N-ethyl adjacent to an activating group) is 1. The van der Waals surface area contributed by atoms with Gasteiger partial charge in [-0.1, -0.05) is 17.7 Å². The molecule has 1 saturated carbocycles. The van der Waals surface area contributed by atoms with Gasteiger partial charge in [0.25, 0.3) is 0 Å². The van der Waals surface area contributed by atoms with E-state index in [9.17, 15) is 9.59 Å². The number of ether oxygens (including phenoxy) is 1. The molecule has 1 fully saturated rings. The summed E-state index contributed by atoms with van der Waals surface area (Å²) in [5.41, 5.74) is 1.65. The van der Waals surface area contributed by atoms with Crippen molar-refractivity contribution in [2.24, 2.45) is 0 Å². The second-order valence-corrected chi connectivity index (χ2v) is 5.99. The molecule has 6 nitrogen and oxygen atoms in total. The summed E-state index contributed by atoms with van der Waals surface area (Å²) in [4.78, 5) is 23.4. The molecule has 1 aromatic rings. The van der Waals surface area contributed by atoms with Gasteiger partial charge < -0.3 is 14.8 Å². The number of nitrogens with zero attached hydrogens (tertiary/aromatic N) is 2. The van der Waals surface area contributed by atoms with Crippen molar-refractivity contribution in [2.75, 3.05) is 33.8 Å². The first-order chi connectivity index (χ1) is 11.4. The van der Waals surface area contributed by atoms with Gasteiger partial charge in [-0.2, -0.15) is 5.26 Å². The minimum absolute atomic E-state index is 0.242. The van der Waals surface area contributed by atoms with Crippen molar-refractivity contribution in [1.82, 2.24) is 10.2 Å². The van der Waals surface area contributed by atoms with Gasteiger partial charge in [0, 0.05) is 13.1 Å². The average Bonchev–Trinajstić information content (AvgIpc) is 3.36. The van der Waals surface area contributed by atoms with Crippen LogP contribution in [0.25, 0.3) is 0 Å². The summed E-state index contributed by atoms with van der Waals surface area (Å²) in [6.07, 6.45) is 2.84. The van der Waals surface area contributed by atoms with Crippen LogP contribution in [0.15, 0.2) is 24.3 Å². The van der Waals surface area contributed by atoms with Crippen LogP contribution in [-0.2, 0) is 14.3 Å². The number of carbonyl (C=O) groups is 2. The first kappa shape index (κ1) is 19.8. The molecule has 1 aliphatic rings. The topological polar surface area (TPSA) is 82.4 Å². The molecule has 0 unspecified atom stereocenters. The Hall–Kier alpha value is -2.23. The van der Waals surface area contributed by atoms with Crippen LogP contribution in [0.1, 0.15) is 24.0 Å². The van der Waals surface area contributed by atoms with Crippen molar-refractivity contribution in [3.63, 3.8) is 0 Å². The fourth-order valence-electron chi connectivity index (χ4n) is 1.96. The number of aldehydes is 1. The van der Waals surface area contributed by atoms with Gasteiger partial charge in [0.05, 0.1) is 30.8 Å².